The number of hydrogen-bond donors (Lipinski definition) is 2. The van der Waals surface area contributed by atoms with Gasteiger partial charge in [-0.15, -0.1) is 0 Å². The SMILES string of the molecule is CNC(CCC(=O)N1CCCC(C(OCCNC(=O)OC)c2cccc(Cl)c2)C1)CC1CCCOC1. The molecule has 2 aliphatic rings. The van der Waals surface area contributed by atoms with Gasteiger partial charge in [0.25, 0.3) is 0 Å². The van der Waals surface area contributed by atoms with E-state index in [2.05, 4.69) is 15.4 Å². The molecule has 2 fully saturated rings. The van der Waals surface area contributed by atoms with Crippen LogP contribution in [0.1, 0.15) is 56.6 Å². The van der Waals surface area contributed by atoms with Gasteiger partial charge in [-0.1, -0.05) is 23.7 Å². The van der Waals surface area contributed by atoms with E-state index in [-0.39, 0.29) is 17.9 Å². The average Bonchev–Trinajstić information content (AvgIpc) is 2.91. The lowest BCUT2D eigenvalue weighted by molar-refractivity contribution is -0.134. The van der Waals surface area contributed by atoms with Gasteiger partial charge in [-0.25, -0.2) is 4.79 Å². The van der Waals surface area contributed by atoms with Crippen molar-refractivity contribution in [2.75, 3.05) is 53.6 Å². The molecule has 8 nitrogen and oxygen atoms in total. The minimum absolute atomic E-state index is 0.152. The summed E-state index contributed by atoms with van der Waals surface area (Å²) >= 11 is 6.28. The fourth-order valence-electron chi connectivity index (χ4n) is 5.31. The van der Waals surface area contributed by atoms with Crippen molar-refractivity contribution in [3.8, 4) is 0 Å². The van der Waals surface area contributed by atoms with Crippen LogP contribution in [-0.2, 0) is 19.0 Å². The summed E-state index contributed by atoms with van der Waals surface area (Å²) in [6.45, 7) is 3.82. The monoisotopic (exact) mass is 523 g/mol. The third kappa shape index (κ3) is 9.21. The summed E-state index contributed by atoms with van der Waals surface area (Å²) < 4.78 is 16.5. The van der Waals surface area contributed by atoms with Crippen LogP contribution in [0.4, 0.5) is 4.79 Å². The third-order valence-electron chi connectivity index (χ3n) is 7.26. The highest BCUT2D eigenvalue weighted by Gasteiger charge is 2.31. The summed E-state index contributed by atoms with van der Waals surface area (Å²) in [5.41, 5.74) is 0.991. The number of halogens is 1. The third-order valence-corrected chi connectivity index (χ3v) is 7.49. The van der Waals surface area contributed by atoms with Gasteiger partial charge in [0.05, 0.1) is 19.8 Å². The fraction of sp³-hybridized carbons (Fsp3) is 0.704. The van der Waals surface area contributed by atoms with Gasteiger partial charge < -0.3 is 29.7 Å². The van der Waals surface area contributed by atoms with E-state index in [1.165, 1.54) is 13.5 Å². The zero-order valence-electron chi connectivity index (χ0n) is 21.7. The molecule has 2 saturated heterocycles. The van der Waals surface area contributed by atoms with Crippen LogP contribution >= 0.6 is 11.6 Å². The van der Waals surface area contributed by atoms with E-state index in [4.69, 9.17) is 21.1 Å². The van der Waals surface area contributed by atoms with Crippen molar-refractivity contribution in [3.05, 3.63) is 34.9 Å². The number of rotatable bonds is 12. The first-order valence-electron chi connectivity index (χ1n) is 13.2. The molecule has 2 N–H and O–H groups in total. The summed E-state index contributed by atoms with van der Waals surface area (Å²) in [5.74, 6) is 0.936. The molecule has 2 amide bonds. The van der Waals surface area contributed by atoms with Crippen LogP contribution in [0.2, 0.25) is 5.02 Å². The largest absolute Gasteiger partial charge is 0.453 e. The van der Waals surface area contributed by atoms with E-state index in [1.54, 1.807) is 0 Å². The Bertz CT molecular complexity index is 820. The Labute approximate surface area is 220 Å². The molecule has 0 spiro atoms. The highest BCUT2D eigenvalue weighted by molar-refractivity contribution is 6.30. The maximum Gasteiger partial charge on any atom is 0.406 e. The summed E-state index contributed by atoms with van der Waals surface area (Å²) in [5, 5.41) is 6.71. The van der Waals surface area contributed by atoms with E-state index in [0.29, 0.717) is 43.1 Å². The topological polar surface area (TPSA) is 89.1 Å². The first-order chi connectivity index (χ1) is 17.5. The second kappa shape index (κ2) is 15.4. The van der Waals surface area contributed by atoms with Gasteiger partial charge in [0.1, 0.15) is 0 Å². The number of hydrogen-bond acceptors (Lipinski definition) is 6. The number of methoxy groups -OCH3 is 1. The predicted octanol–water partition coefficient (Wildman–Crippen LogP) is 4.18. The second-order valence-corrected chi connectivity index (χ2v) is 10.3. The molecule has 202 valence electrons. The van der Waals surface area contributed by atoms with Gasteiger partial charge >= 0.3 is 6.09 Å². The number of piperidine rings is 1. The number of ether oxygens (including phenoxy) is 3. The lowest BCUT2D eigenvalue weighted by Gasteiger charge is -2.37. The van der Waals surface area contributed by atoms with Gasteiger partial charge in [-0.2, -0.15) is 0 Å². The van der Waals surface area contributed by atoms with Crippen molar-refractivity contribution in [3.63, 3.8) is 0 Å². The van der Waals surface area contributed by atoms with E-state index >= 15 is 0 Å². The number of benzene rings is 1. The Balaban J connectivity index is 1.56. The molecule has 4 atom stereocenters. The molecule has 36 heavy (non-hydrogen) atoms. The lowest BCUT2D eigenvalue weighted by atomic mass is 9.88. The predicted molar refractivity (Wildman–Crippen MR) is 140 cm³/mol. The molecular formula is C27H42ClN3O5. The van der Waals surface area contributed by atoms with Crippen molar-refractivity contribution in [2.45, 2.75) is 57.1 Å². The number of carbonyl (C=O) groups excluding carboxylic acids is 2. The second-order valence-electron chi connectivity index (χ2n) is 9.85. The minimum atomic E-state index is -0.483. The quantitative estimate of drug-likeness (QED) is 0.400. The molecule has 2 aliphatic heterocycles. The summed E-state index contributed by atoms with van der Waals surface area (Å²) in [7, 11) is 3.32. The maximum atomic E-state index is 13.2. The number of carbonyl (C=O) groups is 2. The Morgan fingerprint density at radius 2 is 2.14 bits per heavy atom. The van der Waals surface area contributed by atoms with Crippen molar-refractivity contribution < 1.29 is 23.8 Å². The Morgan fingerprint density at radius 3 is 2.86 bits per heavy atom. The minimum Gasteiger partial charge on any atom is -0.453 e. The van der Waals surface area contributed by atoms with Crippen molar-refractivity contribution in [2.24, 2.45) is 11.8 Å². The maximum absolute atomic E-state index is 13.2. The highest BCUT2D eigenvalue weighted by Crippen LogP contribution is 2.34. The van der Waals surface area contributed by atoms with Crippen molar-refractivity contribution >= 4 is 23.6 Å². The van der Waals surface area contributed by atoms with Crippen LogP contribution in [0.15, 0.2) is 24.3 Å². The Hall–Kier alpha value is -1.87. The van der Waals surface area contributed by atoms with Gasteiger partial charge in [0.2, 0.25) is 5.91 Å². The normalized spacial score (nSPS) is 22.0. The molecule has 0 bridgehead atoms. The van der Waals surface area contributed by atoms with Gasteiger partial charge in [0, 0.05) is 56.3 Å². The van der Waals surface area contributed by atoms with Crippen LogP contribution in [0.3, 0.4) is 0 Å². The number of nitrogens with zero attached hydrogens (tertiary/aromatic N) is 1. The molecular weight excluding hydrogens is 482 g/mol. The zero-order valence-corrected chi connectivity index (χ0v) is 22.4. The average molecular weight is 524 g/mol. The summed E-state index contributed by atoms with van der Waals surface area (Å²) in [6, 6.07) is 8.02. The number of amides is 2. The molecule has 0 radical (unpaired) electrons. The fourth-order valence-corrected chi connectivity index (χ4v) is 5.51. The van der Waals surface area contributed by atoms with E-state index in [9.17, 15) is 9.59 Å². The number of alkyl carbamates (subject to hydrolysis) is 1. The zero-order chi connectivity index (χ0) is 25.8. The molecule has 3 rings (SSSR count). The van der Waals surface area contributed by atoms with E-state index in [0.717, 1.165) is 57.4 Å². The van der Waals surface area contributed by atoms with Gasteiger partial charge in [0.15, 0.2) is 0 Å². The summed E-state index contributed by atoms with van der Waals surface area (Å²) in [4.78, 5) is 26.6. The molecule has 4 unspecified atom stereocenters. The molecule has 0 aliphatic carbocycles. The van der Waals surface area contributed by atoms with Crippen LogP contribution < -0.4 is 10.6 Å². The molecule has 1 aromatic carbocycles. The van der Waals surface area contributed by atoms with Gasteiger partial charge in [-0.05, 0) is 69.2 Å². The van der Waals surface area contributed by atoms with Crippen LogP contribution in [0.25, 0.3) is 0 Å². The molecule has 2 heterocycles. The molecule has 0 saturated carbocycles. The standard InChI is InChI=1S/C27H42ClN3O5/c1-29-24(16-20-6-5-14-35-19-20)10-11-25(32)31-13-4-8-22(18-31)26(21-7-3-9-23(28)17-21)36-15-12-30-27(33)34-2/h3,7,9,17,20,22,24,26,29H,4-6,8,10-16,18-19H2,1-2H3,(H,30,33). The molecule has 0 aromatic heterocycles. The van der Waals surface area contributed by atoms with Gasteiger partial charge in [-0.3, -0.25) is 4.79 Å². The summed E-state index contributed by atoms with van der Waals surface area (Å²) in [6.07, 6.45) is 5.97. The Kier molecular flexibility index (Phi) is 12.3. The van der Waals surface area contributed by atoms with Crippen molar-refractivity contribution in [1.82, 2.24) is 15.5 Å². The molecule has 9 heteroatoms. The van der Waals surface area contributed by atoms with Crippen LogP contribution in [0.5, 0.6) is 0 Å². The first kappa shape index (κ1) is 28.7. The number of nitrogens with one attached hydrogen (secondary N) is 2. The van der Waals surface area contributed by atoms with E-state index < -0.39 is 6.09 Å². The van der Waals surface area contributed by atoms with Crippen LogP contribution in [0, 0.1) is 11.8 Å². The lowest BCUT2D eigenvalue weighted by Crippen LogP contribution is -2.43. The molecule has 1 aromatic rings. The number of likely N-dealkylation sites (tertiary alicyclic amines) is 1. The first-order valence-corrected chi connectivity index (χ1v) is 13.6. The van der Waals surface area contributed by atoms with E-state index in [1.807, 2.05) is 36.2 Å². The smallest absolute Gasteiger partial charge is 0.406 e. The van der Waals surface area contributed by atoms with Crippen LogP contribution in [-0.4, -0.2) is 76.6 Å². The highest BCUT2D eigenvalue weighted by atomic mass is 35.5. The Morgan fingerprint density at radius 1 is 1.28 bits per heavy atom. The van der Waals surface area contributed by atoms with Crippen molar-refractivity contribution in [1.29, 1.82) is 0 Å².